The maximum absolute atomic E-state index is 16.6. The molecule has 3 aliphatic carbocycles. The van der Waals surface area contributed by atoms with E-state index in [1.165, 1.54) is 26.7 Å². The fourth-order valence-corrected chi connectivity index (χ4v) is 9.81. The lowest BCUT2D eigenvalue weighted by Gasteiger charge is -2.33. The van der Waals surface area contributed by atoms with Crippen LogP contribution in [0.4, 0.5) is 18.4 Å². The number of nitrogens with one attached hydrogen (secondary N) is 4. The Kier molecular flexibility index (Phi) is 14.6. The van der Waals surface area contributed by atoms with Gasteiger partial charge in [0.1, 0.15) is 24.2 Å². The van der Waals surface area contributed by atoms with E-state index in [9.17, 15) is 19.2 Å². The van der Waals surface area contributed by atoms with Crippen LogP contribution in [0.2, 0.25) is 0 Å². The summed E-state index contributed by atoms with van der Waals surface area (Å²) in [5.41, 5.74) is 4.59. The standard InChI is InChI=1S/C47H52F2N8O6.C3H8.C2H2/c1-25(2)40(55-45(61)63-5)43(59)57-30-8-6-7-29(17-30)41(57)42-53-35-14-11-27(20-36(35)54-42)26-9-12-31-32-13-10-28(19-34(32)47(48,49)33(31)18-26)37-21-50-38(52-37)23-56(24-46(3)15-16-46)39(58)22-51-44(60)62-4;1-3-2;1-2/h9-14,18-21,25,29-30,40-41H,6-8,15-17,22-24H2,1-5H3,(H,50,52)(H,51,60)(H,53,54)(H,55,61);3H2,1-2H3;1-2H/t29-,30+,40?,41-;;/m0../s1. The maximum Gasteiger partial charge on any atom is 0.407 e. The molecule has 4 atom stereocenters. The number of halogens is 2. The Morgan fingerprint density at radius 3 is 2.19 bits per heavy atom. The Balaban J connectivity index is 0.00000132. The second kappa shape index (κ2) is 20.2. The monoisotopic (exact) mass is 932 g/mol. The summed E-state index contributed by atoms with van der Waals surface area (Å²) in [5, 5.41) is 5.19. The molecule has 4 N–H and O–H groups in total. The van der Waals surface area contributed by atoms with Crippen LogP contribution in [0.3, 0.4) is 0 Å². The van der Waals surface area contributed by atoms with Crippen molar-refractivity contribution in [3.8, 4) is 46.4 Å². The van der Waals surface area contributed by atoms with Gasteiger partial charge in [0, 0.05) is 29.3 Å². The molecule has 16 heteroatoms. The van der Waals surface area contributed by atoms with E-state index in [0.29, 0.717) is 51.7 Å². The largest absolute Gasteiger partial charge is 0.453 e. The highest BCUT2D eigenvalue weighted by atomic mass is 19.3. The summed E-state index contributed by atoms with van der Waals surface area (Å²) in [6.45, 7) is 10.6. The van der Waals surface area contributed by atoms with E-state index in [0.717, 1.165) is 49.6 Å². The summed E-state index contributed by atoms with van der Waals surface area (Å²) < 4.78 is 42.6. The molecule has 2 saturated carbocycles. The van der Waals surface area contributed by atoms with E-state index < -0.39 is 24.2 Å². The van der Waals surface area contributed by atoms with Gasteiger partial charge in [0.25, 0.3) is 5.92 Å². The number of terminal acetylenes is 1. The van der Waals surface area contributed by atoms with Gasteiger partial charge in [-0.05, 0) is 95.9 Å². The van der Waals surface area contributed by atoms with E-state index in [1.807, 2.05) is 43.0 Å². The predicted octanol–water partition coefficient (Wildman–Crippen LogP) is 9.71. The molecule has 1 saturated heterocycles. The number of alkyl halides is 2. The van der Waals surface area contributed by atoms with Gasteiger partial charge in [-0.2, -0.15) is 8.78 Å². The van der Waals surface area contributed by atoms with Crippen molar-refractivity contribution < 1.29 is 37.4 Å². The average Bonchev–Trinajstić information content (AvgIpc) is 3.61. The molecule has 2 aromatic heterocycles. The number of carbonyl (C=O) groups is 4. The topological polar surface area (TPSA) is 175 Å². The SMILES string of the molecule is C#C.CCC.COC(=O)NCC(=O)N(Cc1ncc(-c2ccc3c(c2)C(F)(F)c2cc(-c4ccc5nc([C@@H]6[C@H]7CCC[C@H](C7)N6C(=O)C(NC(=O)OC)C(C)C)[nH]c5c4)ccc2-3)[nH]1)CC1(C)CC1. The number of aromatic nitrogens is 4. The Morgan fingerprint density at radius 1 is 0.912 bits per heavy atom. The first kappa shape index (κ1) is 49.2. The van der Waals surface area contributed by atoms with E-state index in [1.54, 1.807) is 35.4 Å². The van der Waals surface area contributed by atoms with Crippen LogP contribution < -0.4 is 10.6 Å². The zero-order valence-electron chi connectivity index (χ0n) is 39.9. The Bertz CT molecular complexity index is 2690. The normalized spacial score (nSPS) is 19.3. The molecule has 3 heterocycles. The highest BCUT2D eigenvalue weighted by Gasteiger charge is 2.50. The summed E-state index contributed by atoms with van der Waals surface area (Å²) in [6, 6.07) is 14.8. The number of hydrogen-bond donors (Lipinski definition) is 4. The molecule has 0 spiro atoms. The van der Waals surface area contributed by atoms with E-state index in [-0.39, 0.29) is 65.4 Å². The van der Waals surface area contributed by atoms with E-state index >= 15 is 8.78 Å². The van der Waals surface area contributed by atoms with Gasteiger partial charge in [0.15, 0.2) is 0 Å². The first-order valence-corrected chi connectivity index (χ1v) is 23.4. The van der Waals surface area contributed by atoms with Crippen LogP contribution in [-0.4, -0.2) is 93.1 Å². The van der Waals surface area contributed by atoms with Crippen LogP contribution in [0, 0.1) is 30.1 Å². The van der Waals surface area contributed by atoms with Crippen LogP contribution in [-0.2, 0) is 31.5 Å². The van der Waals surface area contributed by atoms with Gasteiger partial charge in [-0.3, -0.25) is 9.59 Å². The van der Waals surface area contributed by atoms with Crippen molar-refractivity contribution in [2.75, 3.05) is 27.3 Å². The van der Waals surface area contributed by atoms with Crippen LogP contribution >= 0.6 is 0 Å². The van der Waals surface area contributed by atoms with Gasteiger partial charge in [-0.1, -0.05) is 77.8 Å². The fourth-order valence-electron chi connectivity index (χ4n) is 9.81. The highest BCUT2D eigenvalue weighted by Crippen LogP contribution is 2.53. The number of alkyl carbamates (subject to hydrolysis) is 2. The molecule has 9 rings (SSSR count). The zero-order chi connectivity index (χ0) is 49.1. The molecule has 4 aliphatic rings. The lowest BCUT2D eigenvalue weighted by Crippen LogP contribution is -2.53. The summed E-state index contributed by atoms with van der Waals surface area (Å²) >= 11 is 0. The van der Waals surface area contributed by atoms with Crippen molar-refractivity contribution in [3.05, 3.63) is 83.6 Å². The number of methoxy groups -OCH3 is 2. The number of ether oxygens (including phenoxy) is 2. The number of imidazole rings is 2. The zero-order valence-corrected chi connectivity index (χ0v) is 39.9. The summed E-state index contributed by atoms with van der Waals surface area (Å²) in [4.78, 5) is 70.9. The van der Waals surface area contributed by atoms with E-state index in [4.69, 9.17) is 9.72 Å². The molecule has 3 aromatic carbocycles. The summed E-state index contributed by atoms with van der Waals surface area (Å²) in [6.07, 6.45) is 15.2. The third-order valence-electron chi connectivity index (χ3n) is 13.5. The minimum absolute atomic E-state index is 0.00307. The third-order valence-corrected chi connectivity index (χ3v) is 13.5. The van der Waals surface area contributed by atoms with Crippen molar-refractivity contribution in [1.29, 1.82) is 0 Å². The van der Waals surface area contributed by atoms with Crippen LogP contribution in [0.15, 0.2) is 60.8 Å². The Labute approximate surface area is 396 Å². The van der Waals surface area contributed by atoms with Gasteiger partial charge in [0.2, 0.25) is 11.8 Å². The number of amides is 4. The minimum atomic E-state index is -3.28. The molecule has 2 bridgehead atoms. The quantitative estimate of drug-likeness (QED) is 0.0895. The number of aromatic amines is 2. The van der Waals surface area contributed by atoms with Gasteiger partial charge < -0.3 is 39.9 Å². The second-order valence-corrected chi connectivity index (χ2v) is 18.9. The molecule has 1 unspecified atom stereocenters. The van der Waals surface area contributed by atoms with Gasteiger partial charge in [0.05, 0.1) is 49.7 Å². The van der Waals surface area contributed by atoms with Crippen molar-refractivity contribution in [3.63, 3.8) is 0 Å². The second-order valence-electron chi connectivity index (χ2n) is 18.9. The molecule has 1 aliphatic heterocycles. The van der Waals surface area contributed by atoms with Crippen molar-refractivity contribution >= 4 is 35.0 Å². The van der Waals surface area contributed by atoms with Crippen LogP contribution in [0.5, 0.6) is 0 Å². The number of nitrogens with zero attached hydrogens (tertiary/aromatic N) is 4. The number of benzene rings is 3. The minimum Gasteiger partial charge on any atom is -0.453 e. The summed E-state index contributed by atoms with van der Waals surface area (Å²) in [5.74, 6) is -2.51. The first-order chi connectivity index (χ1) is 32.6. The number of carbonyl (C=O) groups excluding carboxylic acids is 4. The van der Waals surface area contributed by atoms with Crippen molar-refractivity contribution in [1.82, 2.24) is 40.4 Å². The molecule has 3 fully saturated rings. The number of rotatable bonds is 12. The Morgan fingerprint density at radius 2 is 1.54 bits per heavy atom. The number of hydrogen-bond acceptors (Lipinski definition) is 8. The molecule has 4 amide bonds. The molecular formula is C52H62F2N8O6. The average molecular weight is 933 g/mol. The summed E-state index contributed by atoms with van der Waals surface area (Å²) in [7, 11) is 2.51. The number of likely N-dealkylation sites (tertiary alicyclic amines) is 1. The lowest BCUT2D eigenvalue weighted by atomic mass is 9.87. The van der Waals surface area contributed by atoms with Gasteiger partial charge in [-0.15, -0.1) is 12.8 Å². The predicted molar refractivity (Wildman–Crippen MR) is 256 cm³/mol. The molecule has 360 valence electrons. The molecular weight excluding hydrogens is 871 g/mol. The number of H-pyrrole nitrogens is 2. The number of fused-ring (bicyclic) bond motifs is 6. The van der Waals surface area contributed by atoms with Crippen molar-refractivity contribution in [2.45, 2.75) is 110 Å². The van der Waals surface area contributed by atoms with Gasteiger partial charge in [-0.25, -0.2) is 19.6 Å². The molecule has 0 radical (unpaired) electrons. The first-order valence-electron chi connectivity index (χ1n) is 23.4. The maximum atomic E-state index is 16.6. The fraction of sp³-hybridized carbons (Fsp3) is 0.462. The van der Waals surface area contributed by atoms with Crippen LogP contribution in [0.25, 0.3) is 44.5 Å². The van der Waals surface area contributed by atoms with E-state index in [2.05, 4.69) is 63.9 Å². The van der Waals surface area contributed by atoms with Gasteiger partial charge >= 0.3 is 12.2 Å². The lowest BCUT2D eigenvalue weighted by molar-refractivity contribution is -0.138. The molecule has 5 aromatic rings. The van der Waals surface area contributed by atoms with Crippen molar-refractivity contribution in [2.24, 2.45) is 17.3 Å². The third kappa shape index (κ3) is 9.93. The highest BCUT2D eigenvalue weighted by molar-refractivity contribution is 5.89. The Hall–Kier alpha value is -6.76. The molecule has 68 heavy (non-hydrogen) atoms. The van der Waals surface area contributed by atoms with Crippen LogP contribution in [0.1, 0.15) is 108 Å². The smallest absolute Gasteiger partial charge is 0.407 e. The molecule has 14 nitrogen and oxygen atoms in total.